The molecule has 0 spiro atoms. The number of carbonyl (C=O) groups excluding carboxylic acids is 1. The number of ether oxygens (including phenoxy) is 3. The molecule has 0 radical (unpaired) electrons. The monoisotopic (exact) mass is 398 g/mol. The van der Waals surface area contributed by atoms with E-state index in [1.807, 2.05) is 28.7 Å². The van der Waals surface area contributed by atoms with Crippen molar-refractivity contribution in [3.05, 3.63) is 42.0 Å². The standard InChI is InChI=1S/C19H18N4O4S/c1-25-15-8-11(9-16(26-2)17(15)27-3)14(24)10-28-19-22-21-18-20-12-6-4-5-7-13(12)23(18)19/h4-9H,10H2,1-3H3,(H,20,21). The molecule has 0 saturated heterocycles. The zero-order valence-electron chi connectivity index (χ0n) is 15.6. The first-order chi connectivity index (χ1) is 13.7. The van der Waals surface area contributed by atoms with Crippen LogP contribution in [0.1, 0.15) is 10.4 Å². The summed E-state index contributed by atoms with van der Waals surface area (Å²) in [4.78, 5) is 17.3. The Balaban J connectivity index is 1.61. The van der Waals surface area contributed by atoms with E-state index >= 15 is 0 Å². The van der Waals surface area contributed by atoms with E-state index in [4.69, 9.17) is 14.2 Å². The van der Waals surface area contributed by atoms with Gasteiger partial charge in [0, 0.05) is 5.56 Å². The molecule has 0 saturated carbocycles. The molecule has 2 heterocycles. The Morgan fingerprint density at radius 2 is 1.82 bits per heavy atom. The Morgan fingerprint density at radius 1 is 1.11 bits per heavy atom. The molecular formula is C19H18N4O4S. The average molecular weight is 398 g/mol. The fourth-order valence-corrected chi connectivity index (χ4v) is 3.85. The fourth-order valence-electron chi connectivity index (χ4n) is 2.99. The van der Waals surface area contributed by atoms with Gasteiger partial charge in [-0.3, -0.25) is 9.20 Å². The maximum Gasteiger partial charge on any atom is 0.231 e. The second kappa shape index (κ2) is 7.43. The number of hydrogen-bond donors (Lipinski definition) is 1. The van der Waals surface area contributed by atoms with E-state index in [0.717, 1.165) is 11.0 Å². The topological polar surface area (TPSA) is 90.7 Å². The summed E-state index contributed by atoms with van der Waals surface area (Å²) in [6.07, 6.45) is 0. The van der Waals surface area contributed by atoms with Crippen molar-refractivity contribution in [1.29, 1.82) is 0 Å². The summed E-state index contributed by atoms with van der Waals surface area (Å²) >= 11 is 1.33. The van der Waals surface area contributed by atoms with Crippen molar-refractivity contribution in [3.8, 4) is 17.2 Å². The molecule has 0 aliphatic heterocycles. The molecule has 0 aliphatic carbocycles. The second-order valence-corrected chi connectivity index (χ2v) is 6.83. The van der Waals surface area contributed by atoms with Crippen LogP contribution in [0.15, 0.2) is 41.6 Å². The molecule has 144 valence electrons. The SMILES string of the molecule is COc1cc(C(=O)CSc2n[nH]c3nc4ccccc4n23)cc(OC)c1OC. The molecule has 9 heteroatoms. The van der Waals surface area contributed by atoms with Gasteiger partial charge in [-0.25, -0.2) is 10.1 Å². The van der Waals surface area contributed by atoms with E-state index in [0.29, 0.717) is 33.7 Å². The van der Waals surface area contributed by atoms with Crippen LogP contribution in [-0.4, -0.2) is 52.4 Å². The van der Waals surface area contributed by atoms with E-state index in [9.17, 15) is 4.79 Å². The minimum Gasteiger partial charge on any atom is -0.493 e. The number of benzene rings is 2. The maximum absolute atomic E-state index is 12.8. The largest absolute Gasteiger partial charge is 0.493 e. The number of hydrogen-bond acceptors (Lipinski definition) is 7. The summed E-state index contributed by atoms with van der Waals surface area (Å²) < 4.78 is 17.8. The zero-order chi connectivity index (χ0) is 19.7. The van der Waals surface area contributed by atoms with Crippen molar-refractivity contribution in [1.82, 2.24) is 19.6 Å². The molecule has 0 amide bonds. The molecule has 4 aromatic rings. The Kier molecular flexibility index (Phi) is 4.82. The fraction of sp³-hybridized carbons (Fsp3) is 0.211. The number of methoxy groups -OCH3 is 3. The first-order valence-corrected chi connectivity index (χ1v) is 9.42. The molecule has 8 nitrogen and oxygen atoms in total. The maximum atomic E-state index is 12.8. The lowest BCUT2D eigenvalue weighted by atomic mass is 10.1. The minimum absolute atomic E-state index is 0.0789. The molecule has 28 heavy (non-hydrogen) atoms. The summed E-state index contributed by atoms with van der Waals surface area (Å²) in [6, 6.07) is 11.1. The molecule has 4 rings (SSSR count). The Labute approximate surface area is 164 Å². The second-order valence-electron chi connectivity index (χ2n) is 5.89. The van der Waals surface area contributed by atoms with E-state index < -0.39 is 0 Å². The Hall–Kier alpha value is -3.20. The lowest BCUT2D eigenvalue weighted by Crippen LogP contribution is -2.05. The minimum atomic E-state index is -0.0789. The third kappa shape index (κ3) is 3.03. The molecule has 0 fully saturated rings. The third-order valence-corrected chi connectivity index (χ3v) is 5.26. The van der Waals surface area contributed by atoms with Crippen LogP contribution in [0.3, 0.4) is 0 Å². The van der Waals surface area contributed by atoms with Crippen molar-refractivity contribution in [2.24, 2.45) is 0 Å². The van der Waals surface area contributed by atoms with Crippen LogP contribution in [0.4, 0.5) is 0 Å². The highest BCUT2D eigenvalue weighted by atomic mass is 32.2. The van der Waals surface area contributed by atoms with Gasteiger partial charge in [0.25, 0.3) is 0 Å². The van der Waals surface area contributed by atoms with Gasteiger partial charge in [-0.1, -0.05) is 23.9 Å². The first-order valence-electron chi connectivity index (χ1n) is 8.43. The van der Waals surface area contributed by atoms with Gasteiger partial charge >= 0.3 is 0 Å². The van der Waals surface area contributed by atoms with Crippen molar-refractivity contribution >= 4 is 34.4 Å². The van der Waals surface area contributed by atoms with Gasteiger partial charge in [-0.2, -0.15) is 0 Å². The summed E-state index contributed by atoms with van der Waals surface area (Å²) in [5, 5.41) is 7.86. The number of ketones is 1. The molecule has 0 bridgehead atoms. The van der Waals surface area contributed by atoms with Gasteiger partial charge in [0.05, 0.1) is 38.1 Å². The van der Waals surface area contributed by atoms with E-state index in [2.05, 4.69) is 15.2 Å². The van der Waals surface area contributed by atoms with Crippen molar-refractivity contribution in [2.75, 3.05) is 27.1 Å². The number of nitrogens with one attached hydrogen (secondary N) is 1. The smallest absolute Gasteiger partial charge is 0.231 e. The number of H-pyrrole nitrogens is 1. The number of rotatable bonds is 7. The quantitative estimate of drug-likeness (QED) is 0.378. The molecule has 1 N–H and O–H groups in total. The molecule has 2 aromatic carbocycles. The lowest BCUT2D eigenvalue weighted by Gasteiger charge is -2.13. The Bertz CT molecular complexity index is 1140. The zero-order valence-corrected chi connectivity index (χ0v) is 16.4. The number of para-hydroxylation sites is 2. The summed E-state index contributed by atoms with van der Waals surface area (Å²) in [5.74, 6) is 2.10. The van der Waals surface area contributed by atoms with Gasteiger partial charge in [-0.05, 0) is 24.3 Å². The molecule has 0 atom stereocenters. The highest BCUT2D eigenvalue weighted by Crippen LogP contribution is 2.38. The highest BCUT2D eigenvalue weighted by Gasteiger charge is 2.18. The number of aromatic amines is 1. The third-order valence-electron chi connectivity index (χ3n) is 4.32. The van der Waals surface area contributed by atoms with E-state index in [-0.39, 0.29) is 11.5 Å². The molecule has 0 aliphatic rings. The molecule has 0 unspecified atom stereocenters. The van der Waals surface area contributed by atoms with E-state index in [1.165, 1.54) is 33.1 Å². The molecule has 2 aromatic heterocycles. The Morgan fingerprint density at radius 3 is 2.50 bits per heavy atom. The predicted molar refractivity (Wildman–Crippen MR) is 106 cm³/mol. The lowest BCUT2D eigenvalue weighted by molar-refractivity contribution is 0.102. The predicted octanol–water partition coefficient (Wildman–Crippen LogP) is 3.21. The number of thioether (sulfide) groups is 1. The van der Waals surface area contributed by atoms with Crippen LogP contribution in [0.5, 0.6) is 17.2 Å². The van der Waals surface area contributed by atoms with Crippen LogP contribution in [0, 0.1) is 0 Å². The summed E-state index contributed by atoms with van der Waals surface area (Å²) in [5.41, 5.74) is 2.28. The number of Topliss-reactive ketones (excluding diaryl/α,β-unsaturated/α-hetero) is 1. The normalized spacial score (nSPS) is 11.1. The van der Waals surface area contributed by atoms with Gasteiger partial charge in [0.1, 0.15) is 0 Å². The van der Waals surface area contributed by atoms with Crippen molar-refractivity contribution in [3.63, 3.8) is 0 Å². The number of aromatic nitrogens is 4. The first kappa shape index (κ1) is 18.2. The molecular weight excluding hydrogens is 380 g/mol. The summed E-state index contributed by atoms with van der Waals surface area (Å²) in [7, 11) is 4.56. The van der Waals surface area contributed by atoms with Crippen LogP contribution < -0.4 is 14.2 Å². The highest BCUT2D eigenvalue weighted by molar-refractivity contribution is 7.99. The number of nitrogens with zero attached hydrogens (tertiary/aromatic N) is 3. The van der Waals surface area contributed by atoms with Crippen molar-refractivity contribution < 1.29 is 19.0 Å². The van der Waals surface area contributed by atoms with Crippen molar-refractivity contribution in [2.45, 2.75) is 5.16 Å². The van der Waals surface area contributed by atoms with Crippen LogP contribution >= 0.6 is 11.8 Å². The number of fused-ring (bicyclic) bond motifs is 3. The van der Waals surface area contributed by atoms with Gasteiger partial charge in [0.15, 0.2) is 22.4 Å². The van der Waals surface area contributed by atoms with Gasteiger partial charge in [-0.15, -0.1) is 5.10 Å². The average Bonchev–Trinajstić information content (AvgIpc) is 3.30. The van der Waals surface area contributed by atoms with Gasteiger partial charge < -0.3 is 14.2 Å². The summed E-state index contributed by atoms with van der Waals surface area (Å²) in [6.45, 7) is 0. The van der Waals surface area contributed by atoms with Crippen LogP contribution in [0.25, 0.3) is 16.8 Å². The van der Waals surface area contributed by atoms with Crippen LogP contribution in [0.2, 0.25) is 0 Å². The van der Waals surface area contributed by atoms with E-state index in [1.54, 1.807) is 12.1 Å². The van der Waals surface area contributed by atoms with Gasteiger partial charge in [0.2, 0.25) is 11.5 Å². The van der Waals surface area contributed by atoms with Crippen LogP contribution in [-0.2, 0) is 0 Å². The number of imidazole rings is 1. The number of carbonyl (C=O) groups is 1.